The molecule has 4 aromatic rings. The molecule has 0 radical (unpaired) electrons. The topological polar surface area (TPSA) is 79.7 Å². The Morgan fingerprint density at radius 1 is 1.11 bits per heavy atom. The zero-order valence-corrected chi connectivity index (χ0v) is 20.3. The highest BCUT2D eigenvalue weighted by molar-refractivity contribution is 6.34. The Hall–Kier alpha value is -3.66. The average molecular weight is 515 g/mol. The van der Waals surface area contributed by atoms with E-state index < -0.39 is 29.4 Å². The second-order valence-corrected chi connectivity index (χ2v) is 9.19. The number of amides is 1. The number of halogens is 4. The fraction of sp³-hybridized carbons (Fsp3) is 0.280. The second kappa shape index (κ2) is 9.42. The summed E-state index contributed by atoms with van der Waals surface area (Å²) in [6.45, 7) is 2.13. The zero-order chi connectivity index (χ0) is 25.6. The zero-order valence-electron chi connectivity index (χ0n) is 19.5. The molecule has 1 atom stereocenters. The number of hydrogen-bond donors (Lipinski definition) is 1. The molecule has 7 nitrogen and oxygen atoms in total. The second-order valence-electron chi connectivity index (χ2n) is 8.81. The van der Waals surface area contributed by atoms with Gasteiger partial charge in [0.1, 0.15) is 17.5 Å². The first kappa shape index (κ1) is 24.1. The van der Waals surface area contributed by atoms with Crippen molar-refractivity contribution in [3.8, 4) is 11.3 Å². The van der Waals surface area contributed by atoms with Crippen LogP contribution in [-0.4, -0.2) is 42.5 Å². The SMILES string of the molecule is C[C@@H]1c2nn(C)c(-c3cc(F)cc(F)c3)c2CCN1C(=O)c1cc(F)cc(CCc2c[nH]nn2)c1Cl. The van der Waals surface area contributed by atoms with E-state index in [0.717, 1.165) is 17.7 Å². The van der Waals surface area contributed by atoms with Crippen molar-refractivity contribution in [3.63, 3.8) is 0 Å². The number of carbonyl (C=O) groups is 1. The molecule has 1 N–H and O–H groups in total. The van der Waals surface area contributed by atoms with E-state index in [2.05, 4.69) is 20.5 Å². The molecule has 3 heterocycles. The molecule has 0 unspecified atom stereocenters. The van der Waals surface area contributed by atoms with Gasteiger partial charge in [-0.15, -0.1) is 5.10 Å². The van der Waals surface area contributed by atoms with Crippen LogP contribution in [0.25, 0.3) is 11.3 Å². The van der Waals surface area contributed by atoms with E-state index in [4.69, 9.17) is 11.6 Å². The Bertz CT molecular complexity index is 1430. The first-order valence-electron chi connectivity index (χ1n) is 11.4. The summed E-state index contributed by atoms with van der Waals surface area (Å²) in [6, 6.07) is 5.34. The maximum atomic E-state index is 14.5. The molecule has 0 bridgehead atoms. The summed E-state index contributed by atoms with van der Waals surface area (Å²) < 4.78 is 43.8. The number of aromatic nitrogens is 5. The molecule has 1 aliphatic heterocycles. The maximum Gasteiger partial charge on any atom is 0.256 e. The predicted molar refractivity (Wildman–Crippen MR) is 127 cm³/mol. The Balaban J connectivity index is 1.44. The monoisotopic (exact) mass is 514 g/mol. The number of carbonyl (C=O) groups excluding carboxylic acids is 1. The van der Waals surface area contributed by atoms with E-state index in [0.29, 0.717) is 54.0 Å². The van der Waals surface area contributed by atoms with Gasteiger partial charge in [0.25, 0.3) is 5.91 Å². The highest BCUT2D eigenvalue weighted by atomic mass is 35.5. The summed E-state index contributed by atoms with van der Waals surface area (Å²) >= 11 is 6.57. The van der Waals surface area contributed by atoms with Crippen LogP contribution in [0.5, 0.6) is 0 Å². The summed E-state index contributed by atoms with van der Waals surface area (Å²) in [5.41, 5.74) is 3.69. The Labute approximate surface area is 209 Å². The number of rotatable bonds is 5. The van der Waals surface area contributed by atoms with Crippen LogP contribution in [0.1, 0.15) is 45.8 Å². The van der Waals surface area contributed by atoms with Gasteiger partial charge in [-0.1, -0.05) is 16.8 Å². The lowest BCUT2D eigenvalue weighted by atomic mass is 9.94. The highest BCUT2D eigenvalue weighted by Gasteiger charge is 2.34. The average Bonchev–Trinajstić information content (AvgIpc) is 3.46. The lowest BCUT2D eigenvalue weighted by Crippen LogP contribution is -2.39. The molecule has 2 aromatic carbocycles. The minimum Gasteiger partial charge on any atom is -0.330 e. The van der Waals surface area contributed by atoms with Crippen molar-refractivity contribution in [2.75, 3.05) is 6.54 Å². The first-order valence-corrected chi connectivity index (χ1v) is 11.8. The van der Waals surface area contributed by atoms with Crippen LogP contribution in [-0.2, 0) is 26.3 Å². The number of hydrogen-bond acceptors (Lipinski definition) is 4. The van der Waals surface area contributed by atoms with Crippen LogP contribution in [0.3, 0.4) is 0 Å². The quantitative estimate of drug-likeness (QED) is 0.414. The van der Waals surface area contributed by atoms with Gasteiger partial charge >= 0.3 is 0 Å². The number of aromatic amines is 1. The number of aryl methyl sites for hydroxylation is 3. The van der Waals surface area contributed by atoms with Crippen LogP contribution in [0.15, 0.2) is 36.5 Å². The normalized spacial score (nSPS) is 15.3. The van der Waals surface area contributed by atoms with Gasteiger partial charge in [0.05, 0.1) is 33.7 Å². The van der Waals surface area contributed by atoms with Crippen LogP contribution >= 0.6 is 11.6 Å². The molecule has 2 aromatic heterocycles. The Morgan fingerprint density at radius 2 is 1.83 bits per heavy atom. The van der Waals surface area contributed by atoms with Gasteiger partial charge in [0, 0.05) is 37.0 Å². The minimum absolute atomic E-state index is 0.0745. The molecule has 0 aliphatic carbocycles. The van der Waals surface area contributed by atoms with Crippen molar-refractivity contribution in [3.05, 3.63) is 87.1 Å². The fourth-order valence-electron chi connectivity index (χ4n) is 4.82. The molecule has 186 valence electrons. The lowest BCUT2D eigenvalue weighted by molar-refractivity contribution is 0.0673. The van der Waals surface area contributed by atoms with E-state index in [1.54, 1.807) is 22.8 Å². The van der Waals surface area contributed by atoms with Gasteiger partial charge in [0.2, 0.25) is 0 Å². The number of benzene rings is 2. The van der Waals surface area contributed by atoms with Crippen LogP contribution in [0, 0.1) is 17.5 Å². The van der Waals surface area contributed by atoms with Crippen molar-refractivity contribution in [1.82, 2.24) is 30.1 Å². The summed E-state index contributed by atoms with van der Waals surface area (Å²) in [5.74, 6) is -2.33. The van der Waals surface area contributed by atoms with Crippen molar-refractivity contribution in [2.24, 2.45) is 7.05 Å². The van der Waals surface area contributed by atoms with Crippen molar-refractivity contribution in [2.45, 2.75) is 32.2 Å². The minimum atomic E-state index is -0.680. The highest BCUT2D eigenvalue weighted by Crippen LogP contribution is 2.37. The molecule has 11 heteroatoms. The van der Waals surface area contributed by atoms with Gasteiger partial charge in [-0.25, -0.2) is 13.2 Å². The van der Waals surface area contributed by atoms with Gasteiger partial charge in [-0.05, 0) is 56.0 Å². The van der Waals surface area contributed by atoms with Gasteiger partial charge < -0.3 is 4.90 Å². The van der Waals surface area contributed by atoms with Crippen LogP contribution in [0.2, 0.25) is 5.02 Å². The number of fused-ring (bicyclic) bond motifs is 1. The Morgan fingerprint density at radius 3 is 2.53 bits per heavy atom. The van der Waals surface area contributed by atoms with E-state index in [9.17, 15) is 18.0 Å². The molecule has 1 amide bonds. The van der Waals surface area contributed by atoms with Crippen LogP contribution < -0.4 is 0 Å². The summed E-state index contributed by atoms with van der Waals surface area (Å²) in [6.07, 6.45) is 2.93. The van der Waals surface area contributed by atoms with E-state index in [1.807, 2.05) is 6.92 Å². The van der Waals surface area contributed by atoms with Gasteiger partial charge in [-0.3, -0.25) is 14.6 Å². The van der Waals surface area contributed by atoms with E-state index in [-0.39, 0.29) is 10.6 Å². The maximum absolute atomic E-state index is 14.5. The van der Waals surface area contributed by atoms with Crippen LogP contribution in [0.4, 0.5) is 13.2 Å². The standard InChI is InChI=1S/C25H22ClF3N6O/c1-13-23-20(24(34(2)32-23)15-8-16(27)10-17(28)9-15)5-6-35(13)25(36)21-11-18(29)7-14(22(21)26)3-4-19-12-30-33-31-19/h7-13H,3-6H2,1-2H3,(H,30,31,33)/t13-/m1/s1. The lowest BCUT2D eigenvalue weighted by Gasteiger charge is -2.33. The van der Waals surface area contributed by atoms with Crippen molar-refractivity contribution >= 4 is 17.5 Å². The number of nitrogens with zero attached hydrogens (tertiary/aromatic N) is 5. The summed E-state index contributed by atoms with van der Waals surface area (Å²) in [7, 11) is 1.69. The van der Waals surface area contributed by atoms with Crippen molar-refractivity contribution < 1.29 is 18.0 Å². The number of nitrogens with one attached hydrogen (secondary N) is 1. The first-order chi connectivity index (χ1) is 17.2. The van der Waals surface area contributed by atoms with Gasteiger partial charge in [-0.2, -0.15) is 5.10 Å². The smallest absolute Gasteiger partial charge is 0.256 e. The summed E-state index contributed by atoms with van der Waals surface area (Å²) in [4.78, 5) is 15.1. The third-order valence-electron chi connectivity index (χ3n) is 6.50. The van der Waals surface area contributed by atoms with Crippen molar-refractivity contribution in [1.29, 1.82) is 0 Å². The molecule has 0 fully saturated rings. The molecule has 1 aliphatic rings. The Kier molecular flexibility index (Phi) is 6.29. The molecule has 36 heavy (non-hydrogen) atoms. The third kappa shape index (κ3) is 4.37. The molecular formula is C25H22ClF3N6O. The largest absolute Gasteiger partial charge is 0.330 e. The van der Waals surface area contributed by atoms with E-state index in [1.165, 1.54) is 18.2 Å². The predicted octanol–water partition coefficient (Wildman–Crippen LogP) is 4.82. The molecular weight excluding hydrogens is 493 g/mol. The fourth-order valence-corrected chi connectivity index (χ4v) is 5.11. The van der Waals surface area contributed by atoms with Gasteiger partial charge in [0.15, 0.2) is 0 Å². The molecule has 0 saturated carbocycles. The molecule has 5 rings (SSSR count). The molecule has 0 spiro atoms. The third-order valence-corrected chi connectivity index (χ3v) is 6.95. The number of H-pyrrole nitrogens is 1. The molecule has 0 saturated heterocycles. The van der Waals surface area contributed by atoms with E-state index >= 15 is 0 Å². The summed E-state index contributed by atoms with van der Waals surface area (Å²) in [5, 5.41) is 15.0.